The van der Waals surface area contributed by atoms with Gasteiger partial charge in [-0.2, -0.15) is 36.4 Å². The Morgan fingerprint density at radius 1 is 1.19 bits per heavy atom. The summed E-state index contributed by atoms with van der Waals surface area (Å²) in [6, 6.07) is 3.69. The highest BCUT2D eigenvalue weighted by Crippen LogP contribution is 2.26. The van der Waals surface area contributed by atoms with Crippen LogP contribution in [0.5, 0.6) is 0 Å². The third-order valence-corrected chi connectivity index (χ3v) is 5.78. The number of amides is 1. The molecular formula is C17H16ClF3N6O3S2. The lowest BCUT2D eigenvalue weighted by Gasteiger charge is -2.15. The minimum atomic E-state index is -4.94. The van der Waals surface area contributed by atoms with E-state index in [0.717, 1.165) is 18.2 Å². The van der Waals surface area contributed by atoms with Crippen molar-refractivity contribution in [2.75, 3.05) is 5.75 Å². The number of halogens is 4. The van der Waals surface area contributed by atoms with E-state index in [9.17, 15) is 26.4 Å². The molecule has 1 aromatic carbocycles. The normalized spacial score (nSPS) is 12.7. The highest BCUT2D eigenvalue weighted by Gasteiger charge is 2.36. The molecule has 0 aliphatic rings. The summed E-state index contributed by atoms with van der Waals surface area (Å²) in [5.41, 5.74) is -0.234. The quantitative estimate of drug-likeness (QED) is 0.543. The summed E-state index contributed by atoms with van der Waals surface area (Å²) < 4.78 is 63.1. The van der Waals surface area contributed by atoms with Gasteiger partial charge in [-0.05, 0) is 31.2 Å². The number of carbonyl (C=O) groups excluding carboxylic acids is 1. The number of rotatable bonds is 6. The second kappa shape index (κ2) is 9.83. The molecule has 0 radical (unpaired) electrons. The van der Waals surface area contributed by atoms with Crippen LogP contribution in [-0.4, -0.2) is 51.0 Å². The molecule has 15 heteroatoms. The Bertz CT molecular complexity index is 1210. The molecule has 2 heterocycles. The topological polar surface area (TPSA) is 120 Å². The van der Waals surface area contributed by atoms with Gasteiger partial charge in [-0.25, -0.2) is 23.4 Å². The molecular weight excluding hydrogens is 493 g/mol. The minimum Gasteiger partial charge on any atom is -0.342 e. The van der Waals surface area contributed by atoms with E-state index < -0.39 is 38.6 Å². The molecule has 3 aromatic rings. The molecule has 0 saturated carbocycles. The van der Waals surface area contributed by atoms with E-state index in [1.54, 1.807) is 13.0 Å². The number of benzene rings is 1. The highest BCUT2D eigenvalue weighted by molar-refractivity contribution is 7.91. The first kappa shape index (κ1) is 25.5. The first-order valence-corrected chi connectivity index (χ1v) is 10.6. The third kappa shape index (κ3) is 6.17. The zero-order valence-electron chi connectivity index (χ0n) is 16.2. The smallest absolute Gasteiger partial charge is 0.342 e. The van der Waals surface area contributed by atoms with Crippen molar-refractivity contribution >= 4 is 40.8 Å². The summed E-state index contributed by atoms with van der Waals surface area (Å²) >= 11 is 5.84. The van der Waals surface area contributed by atoms with Gasteiger partial charge < -0.3 is 5.32 Å². The van der Waals surface area contributed by atoms with Crippen molar-refractivity contribution in [2.45, 2.75) is 24.0 Å². The van der Waals surface area contributed by atoms with E-state index >= 15 is 0 Å². The molecule has 0 aliphatic heterocycles. The summed E-state index contributed by atoms with van der Waals surface area (Å²) in [4.78, 5) is 24.1. The fourth-order valence-electron chi connectivity index (χ4n) is 2.62. The first-order valence-electron chi connectivity index (χ1n) is 8.54. The summed E-state index contributed by atoms with van der Waals surface area (Å²) in [5, 5.41) is 6.37. The summed E-state index contributed by atoms with van der Waals surface area (Å²) in [7, 11) is -4.74. The molecule has 0 aliphatic carbocycles. The van der Waals surface area contributed by atoms with Crippen molar-refractivity contribution in [3.8, 4) is 5.95 Å². The zero-order chi connectivity index (χ0) is 22.8. The van der Waals surface area contributed by atoms with E-state index in [0.29, 0.717) is 0 Å². The molecule has 9 nitrogen and oxygen atoms in total. The molecule has 32 heavy (non-hydrogen) atoms. The Balaban J connectivity index is 0.00000363. The molecule has 172 valence electrons. The van der Waals surface area contributed by atoms with Crippen LogP contribution in [-0.2, 0) is 9.84 Å². The lowest BCUT2D eigenvalue weighted by atomic mass is 10.2. The number of nitrogens with one attached hydrogen (secondary N) is 1. The van der Waals surface area contributed by atoms with Gasteiger partial charge in [-0.1, -0.05) is 11.6 Å². The first-order chi connectivity index (χ1) is 14.5. The fraction of sp³-hybridized carbons (Fsp3) is 0.235. The van der Waals surface area contributed by atoms with Crippen LogP contribution < -0.4 is 5.32 Å². The molecule has 0 unspecified atom stereocenters. The number of alkyl halides is 3. The van der Waals surface area contributed by atoms with Gasteiger partial charge in [0, 0.05) is 23.0 Å². The summed E-state index contributed by atoms with van der Waals surface area (Å²) in [6.07, 6.45) is -0.727. The predicted molar refractivity (Wildman–Crippen MR) is 113 cm³/mol. The number of aromatic nitrogens is 5. The lowest BCUT2D eigenvalue weighted by Crippen LogP contribution is -2.29. The maximum absolute atomic E-state index is 12.6. The Morgan fingerprint density at radius 2 is 1.84 bits per heavy atom. The number of hydrogen-bond donors (Lipinski definition) is 1. The Kier molecular flexibility index (Phi) is 7.85. The van der Waals surface area contributed by atoms with Crippen molar-refractivity contribution in [1.29, 1.82) is 0 Å². The SMILES string of the molecule is C[C@@H](NC(=O)c1cc(Cl)cc(S(=O)(=O)CC(F)(F)F)c1)c1ncnn1-c1ncccn1.S. The standard InChI is InChI=1S/C17H14ClF3N6O3S.H2S/c1-10(14-24-9-25-27(14)16-22-3-2-4-23-16)26-15(28)11-5-12(18)7-13(6-11)31(29,30)8-17(19,20)21;/h2-7,9-10H,8H2,1H3,(H,26,28);1H2/t10-;/m1./s1. The van der Waals surface area contributed by atoms with Gasteiger partial charge in [0.2, 0.25) is 0 Å². The Morgan fingerprint density at radius 3 is 2.47 bits per heavy atom. The molecule has 3 rings (SSSR count). The largest absolute Gasteiger partial charge is 0.403 e. The van der Waals surface area contributed by atoms with Crippen molar-refractivity contribution in [3.63, 3.8) is 0 Å². The second-order valence-corrected chi connectivity index (χ2v) is 8.75. The molecule has 0 fully saturated rings. The van der Waals surface area contributed by atoms with Crippen molar-refractivity contribution in [2.24, 2.45) is 0 Å². The van der Waals surface area contributed by atoms with Crippen LogP contribution in [0.2, 0.25) is 5.02 Å². The Labute approximate surface area is 192 Å². The average molecular weight is 509 g/mol. The van der Waals surface area contributed by atoms with E-state index in [2.05, 4.69) is 25.4 Å². The second-order valence-electron chi connectivity index (χ2n) is 6.32. The van der Waals surface area contributed by atoms with Crippen molar-refractivity contribution < 1.29 is 26.4 Å². The molecule has 0 saturated heterocycles. The highest BCUT2D eigenvalue weighted by atomic mass is 35.5. The van der Waals surface area contributed by atoms with E-state index in [1.165, 1.54) is 23.4 Å². The van der Waals surface area contributed by atoms with Crippen LogP contribution in [0.15, 0.2) is 47.9 Å². The van der Waals surface area contributed by atoms with Crippen LogP contribution >= 0.6 is 25.1 Å². The summed E-state index contributed by atoms with van der Waals surface area (Å²) in [5.74, 6) is -2.37. The minimum absolute atomic E-state index is 0. The molecule has 1 atom stereocenters. The number of hydrogen-bond acceptors (Lipinski definition) is 7. The monoisotopic (exact) mass is 508 g/mol. The number of nitrogens with zero attached hydrogens (tertiary/aromatic N) is 5. The van der Waals surface area contributed by atoms with Crippen LogP contribution in [0.3, 0.4) is 0 Å². The number of sulfone groups is 1. The third-order valence-electron chi connectivity index (χ3n) is 3.90. The van der Waals surface area contributed by atoms with Crippen LogP contribution in [0, 0.1) is 0 Å². The van der Waals surface area contributed by atoms with Crippen LogP contribution in [0.25, 0.3) is 5.95 Å². The number of carbonyl (C=O) groups is 1. The van der Waals surface area contributed by atoms with Crippen molar-refractivity contribution in [1.82, 2.24) is 30.0 Å². The van der Waals surface area contributed by atoms with Gasteiger partial charge in [0.1, 0.15) is 6.33 Å². The zero-order valence-corrected chi connectivity index (χ0v) is 18.8. The van der Waals surface area contributed by atoms with Gasteiger partial charge in [-0.15, -0.1) is 0 Å². The Hall–Kier alpha value is -2.71. The van der Waals surface area contributed by atoms with E-state index in [-0.39, 0.29) is 35.9 Å². The van der Waals surface area contributed by atoms with Gasteiger partial charge in [0.05, 0.1) is 10.9 Å². The van der Waals surface area contributed by atoms with E-state index in [4.69, 9.17) is 11.6 Å². The van der Waals surface area contributed by atoms with Crippen LogP contribution in [0.1, 0.15) is 29.1 Å². The maximum atomic E-state index is 12.6. The van der Waals surface area contributed by atoms with Gasteiger partial charge in [0.15, 0.2) is 21.4 Å². The van der Waals surface area contributed by atoms with Crippen LogP contribution in [0.4, 0.5) is 13.2 Å². The van der Waals surface area contributed by atoms with Crippen molar-refractivity contribution in [3.05, 3.63) is 59.4 Å². The lowest BCUT2D eigenvalue weighted by molar-refractivity contribution is -0.106. The summed E-state index contributed by atoms with van der Waals surface area (Å²) in [6.45, 7) is 1.58. The van der Waals surface area contributed by atoms with Gasteiger partial charge in [0.25, 0.3) is 11.9 Å². The van der Waals surface area contributed by atoms with Gasteiger partial charge >= 0.3 is 6.18 Å². The average Bonchev–Trinajstić information content (AvgIpc) is 3.16. The molecule has 0 bridgehead atoms. The molecule has 0 spiro atoms. The maximum Gasteiger partial charge on any atom is 0.403 e. The van der Waals surface area contributed by atoms with Gasteiger partial charge in [-0.3, -0.25) is 4.79 Å². The van der Waals surface area contributed by atoms with E-state index in [1.807, 2.05) is 0 Å². The molecule has 1 N–H and O–H groups in total. The molecule has 1 amide bonds. The predicted octanol–water partition coefficient (Wildman–Crippen LogP) is 2.65. The fourth-order valence-corrected chi connectivity index (χ4v) is 4.13. The molecule has 2 aromatic heterocycles.